The van der Waals surface area contributed by atoms with Crippen LogP contribution >= 0.6 is 57.7 Å². The summed E-state index contributed by atoms with van der Waals surface area (Å²) in [6, 6.07) is 7.22. The third-order valence-electron chi connectivity index (χ3n) is 2.68. The minimum absolute atomic E-state index is 0.0917. The summed E-state index contributed by atoms with van der Waals surface area (Å²) < 4.78 is 1.33. The topological polar surface area (TPSA) is 12.0 Å². The number of benzene rings is 1. The Bertz CT molecular complexity index is 582. The first-order valence-electron chi connectivity index (χ1n) is 5.66. The first-order chi connectivity index (χ1) is 9.02. The fourth-order valence-corrected chi connectivity index (χ4v) is 3.93. The van der Waals surface area contributed by atoms with Gasteiger partial charge in [-0.1, -0.05) is 59.4 Å². The first kappa shape index (κ1) is 15.4. The molecule has 1 unspecified atom stereocenters. The molecule has 0 aliphatic carbocycles. The summed E-state index contributed by atoms with van der Waals surface area (Å²) in [7, 11) is 0. The van der Waals surface area contributed by atoms with Gasteiger partial charge in [0.15, 0.2) is 0 Å². The maximum atomic E-state index is 6.27. The average Bonchev–Trinajstić information content (AvgIpc) is 2.66. The van der Waals surface area contributed by atoms with Crippen molar-refractivity contribution in [3.8, 4) is 0 Å². The van der Waals surface area contributed by atoms with Crippen LogP contribution < -0.4 is 5.32 Å². The molecule has 1 atom stereocenters. The highest BCUT2D eigenvalue weighted by atomic mass is 35.5. The van der Waals surface area contributed by atoms with Crippen molar-refractivity contribution in [1.29, 1.82) is 0 Å². The maximum absolute atomic E-state index is 6.27. The van der Waals surface area contributed by atoms with Gasteiger partial charge in [-0.2, -0.15) is 0 Å². The monoisotopic (exact) mass is 353 g/mol. The normalized spacial score (nSPS) is 12.7. The largest absolute Gasteiger partial charge is 0.306 e. The van der Waals surface area contributed by atoms with Gasteiger partial charge in [0.05, 0.1) is 14.7 Å². The third-order valence-corrected chi connectivity index (χ3v) is 4.76. The lowest BCUT2D eigenvalue weighted by Crippen LogP contribution is -2.22. The van der Waals surface area contributed by atoms with E-state index >= 15 is 0 Å². The van der Waals surface area contributed by atoms with Gasteiger partial charge in [-0.15, -0.1) is 11.3 Å². The molecule has 1 nitrogen and oxygen atoms in total. The van der Waals surface area contributed by atoms with Gasteiger partial charge >= 0.3 is 0 Å². The van der Waals surface area contributed by atoms with E-state index in [9.17, 15) is 0 Å². The molecule has 0 fully saturated rings. The number of thiophene rings is 1. The molecule has 0 saturated heterocycles. The summed E-state index contributed by atoms with van der Waals surface area (Å²) >= 11 is 25.8. The van der Waals surface area contributed by atoms with Crippen molar-refractivity contribution in [3.63, 3.8) is 0 Å². The standard InChI is InChI=1S/C13H11Cl4NS/c1-2-18-12(9-6-11(16)19-13(9)17)8-4-3-7(14)5-10(8)15/h3-6,12,18H,2H2,1H3. The molecule has 0 amide bonds. The number of hydrogen-bond acceptors (Lipinski definition) is 2. The Balaban J connectivity index is 2.48. The van der Waals surface area contributed by atoms with Crippen LogP contribution in [0.15, 0.2) is 24.3 Å². The fourth-order valence-electron chi connectivity index (χ4n) is 1.88. The van der Waals surface area contributed by atoms with E-state index in [0.29, 0.717) is 18.7 Å². The van der Waals surface area contributed by atoms with Gasteiger partial charge in [0.1, 0.15) is 0 Å². The van der Waals surface area contributed by atoms with Crippen LogP contribution in [-0.2, 0) is 0 Å². The molecule has 2 aromatic rings. The van der Waals surface area contributed by atoms with Crippen LogP contribution in [0.4, 0.5) is 0 Å². The molecule has 102 valence electrons. The summed E-state index contributed by atoms with van der Waals surface area (Å²) in [5.74, 6) is 0. The van der Waals surface area contributed by atoms with Crippen LogP contribution in [0.2, 0.25) is 18.7 Å². The summed E-state index contributed by atoms with van der Waals surface area (Å²) in [6.07, 6.45) is 0. The summed E-state index contributed by atoms with van der Waals surface area (Å²) in [6.45, 7) is 2.81. The zero-order valence-corrected chi connectivity index (χ0v) is 13.9. The van der Waals surface area contributed by atoms with E-state index in [1.165, 1.54) is 11.3 Å². The van der Waals surface area contributed by atoms with Crippen molar-refractivity contribution >= 4 is 57.7 Å². The second-order valence-corrected chi connectivity index (χ2v) is 7.07. The van der Waals surface area contributed by atoms with E-state index in [4.69, 9.17) is 46.4 Å². The second kappa shape index (κ2) is 6.66. The summed E-state index contributed by atoms with van der Waals surface area (Å²) in [5, 5.41) is 4.58. The molecule has 1 aromatic carbocycles. The molecule has 19 heavy (non-hydrogen) atoms. The number of nitrogens with one attached hydrogen (secondary N) is 1. The van der Waals surface area contributed by atoms with E-state index < -0.39 is 0 Å². The molecule has 0 bridgehead atoms. The SMILES string of the molecule is CCNC(c1ccc(Cl)cc1Cl)c1cc(Cl)sc1Cl. The van der Waals surface area contributed by atoms with Crippen molar-refractivity contribution < 1.29 is 0 Å². The number of halogens is 4. The Morgan fingerprint density at radius 1 is 1.11 bits per heavy atom. The molecule has 0 spiro atoms. The summed E-state index contributed by atoms with van der Waals surface area (Å²) in [5.41, 5.74) is 1.87. The lowest BCUT2D eigenvalue weighted by molar-refractivity contribution is 0.633. The van der Waals surface area contributed by atoms with E-state index in [0.717, 1.165) is 17.7 Å². The van der Waals surface area contributed by atoms with Gasteiger partial charge in [0, 0.05) is 15.6 Å². The number of rotatable bonds is 4. The van der Waals surface area contributed by atoms with Crippen LogP contribution in [0.1, 0.15) is 24.1 Å². The Morgan fingerprint density at radius 3 is 2.37 bits per heavy atom. The minimum atomic E-state index is -0.0917. The highest BCUT2D eigenvalue weighted by molar-refractivity contribution is 7.20. The highest BCUT2D eigenvalue weighted by Crippen LogP contribution is 2.39. The van der Waals surface area contributed by atoms with E-state index in [1.807, 2.05) is 25.1 Å². The van der Waals surface area contributed by atoms with Crippen molar-refractivity contribution in [2.24, 2.45) is 0 Å². The molecule has 0 aliphatic rings. The quantitative estimate of drug-likeness (QED) is 0.703. The average molecular weight is 355 g/mol. The molecule has 6 heteroatoms. The highest BCUT2D eigenvalue weighted by Gasteiger charge is 2.21. The molecule has 1 heterocycles. The van der Waals surface area contributed by atoms with E-state index in [1.54, 1.807) is 6.07 Å². The molecule has 2 rings (SSSR count). The zero-order valence-electron chi connectivity index (χ0n) is 10.0. The second-order valence-electron chi connectivity index (χ2n) is 3.94. The maximum Gasteiger partial charge on any atom is 0.0995 e. The fraction of sp³-hybridized carbons (Fsp3) is 0.231. The van der Waals surface area contributed by atoms with Gasteiger partial charge in [0.25, 0.3) is 0 Å². The first-order valence-corrected chi connectivity index (χ1v) is 7.98. The Kier molecular flexibility index (Phi) is 5.41. The molecule has 1 N–H and O–H groups in total. The molecule has 0 aliphatic heterocycles. The lowest BCUT2D eigenvalue weighted by Gasteiger charge is -2.19. The Hall–Kier alpha value is 0.0400. The molecular weight excluding hydrogens is 344 g/mol. The van der Waals surface area contributed by atoms with Crippen LogP contribution in [0, 0.1) is 0 Å². The lowest BCUT2D eigenvalue weighted by atomic mass is 10.0. The third kappa shape index (κ3) is 3.57. The van der Waals surface area contributed by atoms with E-state index in [-0.39, 0.29) is 6.04 Å². The van der Waals surface area contributed by atoms with Gasteiger partial charge in [-0.25, -0.2) is 0 Å². The molecule has 0 radical (unpaired) electrons. The molecular formula is C13H11Cl4NS. The van der Waals surface area contributed by atoms with Crippen LogP contribution in [0.25, 0.3) is 0 Å². The van der Waals surface area contributed by atoms with E-state index in [2.05, 4.69) is 5.32 Å². The van der Waals surface area contributed by atoms with Crippen molar-refractivity contribution in [2.75, 3.05) is 6.54 Å². The smallest absolute Gasteiger partial charge is 0.0995 e. The van der Waals surface area contributed by atoms with Gasteiger partial charge in [0.2, 0.25) is 0 Å². The van der Waals surface area contributed by atoms with Crippen molar-refractivity contribution in [3.05, 3.63) is 54.1 Å². The minimum Gasteiger partial charge on any atom is -0.306 e. The summed E-state index contributed by atoms with van der Waals surface area (Å²) in [4.78, 5) is 0. The predicted molar refractivity (Wildman–Crippen MR) is 86.3 cm³/mol. The zero-order chi connectivity index (χ0) is 14.0. The van der Waals surface area contributed by atoms with Crippen LogP contribution in [0.3, 0.4) is 0 Å². The van der Waals surface area contributed by atoms with Crippen LogP contribution in [0.5, 0.6) is 0 Å². The Morgan fingerprint density at radius 2 is 1.84 bits per heavy atom. The van der Waals surface area contributed by atoms with Crippen LogP contribution in [-0.4, -0.2) is 6.54 Å². The molecule has 0 saturated carbocycles. The van der Waals surface area contributed by atoms with Gasteiger partial charge < -0.3 is 5.32 Å². The van der Waals surface area contributed by atoms with Crippen molar-refractivity contribution in [1.82, 2.24) is 5.32 Å². The Labute approximate surface area is 136 Å². The number of hydrogen-bond donors (Lipinski definition) is 1. The van der Waals surface area contributed by atoms with Gasteiger partial charge in [-0.05, 0) is 30.3 Å². The molecule has 1 aromatic heterocycles. The van der Waals surface area contributed by atoms with Crippen molar-refractivity contribution in [2.45, 2.75) is 13.0 Å². The van der Waals surface area contributed by atoms with Gasteiger partial charge in [-0.3, -0.25) is 0 Å². The predicted octanol–water partition coefficient (Wildman–Crippen LogP) is 6.06.